The summed E-state index contributed by atoms with van der Waals surface area (Å²) in [5.74, 6) is 0.270. The summed E-state index contributed by atoms with van der Waals surface area (Å²) in [6.07, 6.45) is 1.27. The molecule has 2 aromatic heterocycles. The average molecular weight is 364 g/mol. The highest BCUT2D eigenvalue weighted by molar-refractivity contribution is 9.11. The third-order valence-corrected chi connectivity index (χ3v) is 4.43. The summed E-state index contributed by atoms with van der Waals surface area (Å²) in [6, 6.07) is 7.39. The predicted octanol–water partition coefficient (Wildman–Crippen LogP) is 4.12. The smallest absolute Gasteiger partial charge is 0.256 e. The number of nitrogens with zero attached hydrogens (tertiary/aromatic N) is 2. The zero-order valence-corrected chi connectivity index (χ0v) is 13.4. The molecule has 3 rings (SSSR count). The van der Waals surface area contributed by atoms with Crippen molar-refractivity contribution in [3.63, 3.8) is 0 Å². The fraction of sp³-hybridized carbons (Fsp3) is 0.0714. The lowest BCUT2D eigenvalue weighted by Crippen LogP contribution is -2.11. The molecule has 21 heavy (non-hydrogen) atoms. The summed E-state index contributed by atoms with van der Waals surface area (Å²) in [7, 11) is 0. The van der Waals surface area contributed by atoms with E-state index in [9.17, 15) is 4.79 Å². The van der Waals surface area contributed by atoms with Crippen molar-refractivity contribution in [1.82, 2.24) is 10.2 Å². The number of hydrogen-bond acceptors (Lipinski definition) is 5. The van der Waals surface area contributed by atoms with Crippen molar-refractivity contribution in [2.45, 2.75) is 6.92 Å². The Labute approximate surface area is 133 Å². The molecule has 1 N–H and O–H groups in total. The highest BCUT2D eigenvalue weighted by Gasteiger charge is 2.12. The van der Waals surface area contributed by atoms with E-state index in [0.717, 1.165) is 20.6 Å². The standard InChI is InChI=1S/C14H10BrN3O2S/c1-8-2-3-9(14-18-16-7-20-14)4-11(8)17-13(19)10-5-12(15)21-6-10/h2-7H,1H3,(H,17,19). The molecule has 0 spiro atoms. The zero-order valence-electron chi connectivity index (χ0n) is 11.0. The van der Waals surface area contributed by atoms with Crippen LogP contribution in [0.3, 0.4) is 0 Å². The molecule has 5 nitrogen and oxygen atoms in total. The van der Waals surface area contributed by atoms with E-state index in [0.29, 0.717) is 11.5 Å². The third-order valence-electron chi connectivity index (χ3n) is 2.92. The Balaban J connectivity index is 1.88. The van der Waals surface area contributed by atoms with Crippen LogP contribution in [0.25, 0.3) is 11.5 Å². The van der Waals surface area contributed by atoms with Crippen molar-refractivity contribution in [3.05, 3.63) is 51.0 Å². The van der Waals surface area contributed by atoms with Crippen LogP contribution in [0.5, 0.6) is 0 Å². The topological polar surface area (TPSA) is 68.0 Å². The van der Waals surface area contributed by atoms with E-state index in [1.165, 1.54) is 17.7 Å². The number of aryl methyl sites for hydroxylation is 1. The van der Waals surface area contributed by atoms with Gasteiger partial charge in [-0.1, -0.05) is 6.07 Å². The molecule has 0 saturated heterocycles. The van der Waals surface area contributed by atoms with Crippen molar-refractivity contribution in [2.24, 2.45) is 0 Å². The lowest BCUT2D eigenvalue weighted by atomic mass is 10.1. The van der Waals surface area contributed by atoms with Crippen molar-refractivity contribution in [3.8, 4) is 11.5 Å². The van der Waals surface area contributed by atoms with Gasteiger partial charge in [0.1, 0.15) is 0 Å². The number of halogens is 1. The second-order valence-electron chi connectivity index (χ2n) is 4.37. The highest BCUT2D eigenvalue weighted by Crippen LogP contribution is 2.25. The molecule has 0 radical (unpaired) electrons. The molecule has 0 aliphatic heterocycles. The molecule has 7 heteroatoms. The van der Waals surface area contributed by atoms with Crippen LogP contribution in [0.1, 0.15) is 15.9 Å². The maximum atomic E-state index is 12.2. The number of anilines is 1. The van der Waals surface area contributed by atoms with Gasteiger partial charge < -0.3 is 9.73 Å². The first-order chi connectivity index (χ1) is 10.1. The van der Waals surface area contributed by atoms with Gasteiger partial charge in [-0.3, -0.25) is 4.79 Å². The van der Waals surface area contributed by atoms with Crippen molar-refractivity contribution >= 4 is 38.9 Å². The van der Waals surface area contributed by atoms with Crippen LogP contribution in [0.15, 0.2) is 44.2 Å². The van der Waals surface area contributed by atoms with E-state index in [-0.39, 0.29) is 5.91 Å². The van der Waals surface area contributed by atoms with E-state index in [1.54, 1.807) is 11.4 Å². The minimum Gasteiger partial charge on any atom is -0.423 e. The number of aromatic nitrogens is 2. The third kappa shape index (κ3) is 3.03. The summed E-state index contributed by atoms with van der Waals surface area (Å²) in [5.41, 5.74) is 3.06. The maximum Gasteiger partial charge on any atom is 0.256 e. The highest BCUT2D eigenvalue weighted by atomic mass is 79.9. The van der Waals surface area contributed by atoms with Gasteiger partial charge in [-0.15, -0.1) is 21.5 Å². The fourth-order valence-electron chi connectivity index (χ4n) is 1.81. The van der Waals surface area contributed by atoms with E-state index < -0.39 is 0 Å². The van der Waals surface area contributed by atoms with Crippen LogP contribution >= 0.6 is 27.3 Å². The van der Waals surface area contributed by atoms with Crippen molar-refractivity contribution in [1.29, 1.82) is 0 Å². The first kappa shape index (κ1) is 14.0. The number of amides is 1. The van der Waals surface area contributed by atoms with Gasteiger partial charge >= 0.3 is 0 Å². The van der Waals surface area contributed by atoms with Gasteiger partial charge in [-0.05, 0) is 46.6 Å². The SMILES string of the molecule is Cc1ccc(-c2nnco2)cc1NC(=O)c1csc(Br)c1. The van der Waals surface area contributed by atoms with Crippen molar-refractivity contribution < 1.29 is 9.21 Å². The van der Waals surface area contributed by atoms with Gasteiger partial charge in [0, 0.05) is 16.6 Å². The Bertz CT molecular complexity index is 783. The van der Waals surface area contributed by atoms with Crippen LogP contribution in [0.2, 0.25) is 0 Å². The monoisotopic (exact) mass is 363 g/mol. The number of benzene rings is 1. The summed E-state index contributed by atoms with van der Waals surface area (Å²) in [5, 5.41) is 12.2. The van der Waals surface area contributed by atoms with Gasteiger partial charge in [0.25, 0.3) is 5.91 Å². The maximum absolute atomic E-state index is 12.2. The van der Waals surface area contributed by atoms with Crippen LogP contribution in [0, 0.1) is 6.92 Å². The van der Waals surface area contributed by atoms with Crippen LogP contribution in [0.4, 0.5) is 5.69 Å². The summed E-state index contributed by atoms with van der Waals surface area (Å²) in [6.45, 7) is 1.93. The largest absolute Gasteiger partial charge is 0.423 e. The quantitative estimate of drug-likeness (QED) is 0.759. The number of thiophene rings is 1. The molecule has 0 fully saturated rings. The number of hydrogen-bond donors (Lipinski definition) is 1. The second-order valence-corrected chi connectivity index (χ2v) is 6.66. The summed E-state index contributed by atoms with van der Waals surface area (Å²) >= 11 is 4.82. The second kappa shape index (κ2) is 5.79. The number of nitrogens with one attached hydrogen (secondary N) is 1. The van der Waals surface area contributed by atoms with Gasteiger partial charge in [-0.2, -0.15) is 0 Å². The molecule has 0 atom stereocenters. The van der Waals surface area contributed by atoms with Crippen LogP contribution in [-0.4, -0.2) is 16.1 Å². The predicted molar refractivity (Wildman–Crippen MR) is 84.4 cm³/mol. The molecule has 3 aromatic rings. The normalized spacial score (nSPS) is 10.6. The minimum atomic E-state index is -0.150. The molecule has 1 aromatic carbocycles. The molecule has 0 unspecified atom stereocenters. The Kier molecular flexibility index (Phi) is 3.85. The Morgan fingerprint density at radius 1 is 1.38 bits per heavy atom. The molecule has 0 aliphatic carbocycles. The Morgan fingerprint density at radius 3 is 2.90 bits per heavy atom. The van der Waals surface area contributed by atoms with Crippen LogP contribution < -0.4 is 5.32 Å². The van der Waals surface area contributed by atoms with E-state index in [4.69, 9.17) is 4.42 Å². The number of carbonyl (C=O) groups excluding carboxylic acids is 1. The molecule has 0 bridgehead atoms. The number of rotatable bonds is 3. The Morgan fingerprint density at radius 2 is 2.24 bits per heavy atom. The summed E-state index contributed by atoms with van der Waals surface area (Å²) in [4.78, 5) is 12.2. The molecular weight excluding hydrogens is 354 g/mol. The first-order valence-electron chi connectivity index (χ1n) is 6.06. The van der Waals surface area contributed by atoms with Crippen molar-refractivity contribution in [2.75, 3.05) is 5.32 Å². The molecule has 106 valence electrons. The molecule has 0 saturated carbocycles. The number of carbonyl (C=O) groups is 1. The van der Waals surface area contributed by atoms with E-state index >= 15 is 0 Å². The summed E-state index contributed by atoms with van der Waals surface area (Å²) < 4.78 is 6.09. The molecule has 1 amide bonds. The molecule has 2 heterocycles. The first-order valence-corrected chi connectivity index (χ1v) is 7.73. The lowest BCUT2D eigenvalue weighted by molar-refractivity contribution is 0.102. The molecular formula is C14H10BrN3O2S. The van der Waals surface area contributed by atoms with E-state index in [1.807, 2.05) is 25.1 Å². The van der Waals surface area contributed by atoms with Gasteiger partial charge in [0.2, 0.25) is 12.3 Å². The molecule has 0 aliphatic rings. The van der Waals surface area contributed by atoms with E-state index in [2.05, 4.69) is 31.4 Å². The minimum absolute atomic E-state index is 0.150. The Hall–Kier alpha value is -1.99. The van der Waals surface area contributed by atoms with Gasteiger partial charge in [0.15, 0.2) is 0 Å². The van der Waals surface area contributed by atoms with Crippen LogP contribution in [-0.2, 0) is 0 Å². The average Bonchev–Trinajstić information content (AvgIpc) is 3.12. The van der Waals surface area contributed by atoms with Gasteiger partial charge in [0.05, 0.1) is 9.35 Å². The van der Waals surface area contributed by atoms with Gasteiger partial charge in [-0.25, -0.2) is 0 Å². The lowest BCUT2D eigenvalue weighted by Gasteiger charge is -2.08. The zero-order chi connectivity index (χ0) is 14.8. The fourth-order valence-corrected chi connectivity index (χ4v) is 2.95.